The number of hydrogen-bond acceptors (Lipinski definition) is 4. The fourth-order valence-electron chi connectivity index (χ4n) is 7.33. The highest BCUT2D eigenvalue weighted by atomic mass is 16.5. The van der Waals surface area contributed by atoms with Crippen LogP contribution >= 0.6 is 0 Å². The van der Waals surface area contributed by atoms with Gasteiger partial charge in [0.15, 0.2) is 0 Å². The number of benzene rings is 3. The first-order chi connectivity index (χ1) is 27.7. The Morgan fingerprint density at radius 1 is 0.877 bits per heavy atom. The van der Waals surface area contributed by atoms with Gasteiger partial charge in [0.2, 0.25) is 0 Å². The van der Waals surface area contributed by atoms with Crippen molar-refractivity contribution >= 4 is 34.0 Å². The van der Waals surface area contributed by atoms with Gasteiger partial charge in [-0.2, -0.15) is 0 Å². The zero-order chi connectivity index (χ0) is 41.2. The third kappa shape index (κ3) is 12.4. The normalized spacial score (nSPS) is 13.3. The maximum absolute atomic E-state index is 6.26. The van der Waals surface area contributed by atoms with E-state index in [4.69, 9.17) is 9.47 Å². The Morgan fingerprint density at radius 3 is 2.26 bits per heavy atom. The van der Waals surface area contributed by atoms with E-state index in [9.17, 15) is 0 Å². The van der Waals surface area contributed by atoms with Crippen molar-refractivity contribution in [2.75, 3.05) is 29.6 Å². The maximum Gasteiger partial charge on any atom is 0.119 e. The van der Waals surface area contributed by atoms with Gasteiger partial charge in [-0.15, -0.1) is 0 Å². The van der Waals surface area contributed by atoms with E-state index >= 15 is 0 Å². The van der Waals surface area contributed by atoms with E-state index in [0.29, 0.717) is 18.4 Å². The molecule has 5 heteroatoms. The topological polar surface area (TPSA) is 29.9 Å². The Hall–Kier alpha value is -5.16. The molecule has 4 rings (SSSR count). The van der Waals surface area contributed by atoms with E-state index in [1.165, 1.54) is 41.4 Å². The van der Waals surface area contributed by atoms with Crippen LogP contribution in [-0.4, -0.2) is 24.3 Å². The molecule has 0 saturated carbocycles. The lowest BCUT2D eigenvalue weighted by Gasteiger charge is -2.26. The molecule has 2 atom stereocenters. The van der Waals surface area contributed by atoms with Crippen LogP contribution in [0, 0.1) is 11.8 Å². The smallest absolute Gasteiger partial charge is 0.119 e. The van der Waals surface area contributed by atoms with Crippen molar-refractivity contribution < 1.29 is 9.47 Å². The number of para-hydroxylation sites is 1. The number of ether oxygens (including phenoxy) is 2. The van der Waals surface area contributed by atoms with Crippen molar-refractivity contribution in [3.05, 3.63) is 151 Å². The highest BCUT2D eigenvalue weighted by Crippen LogP contribution is 2.35. The highest BCUT2D eigenvalue weighted by Gasteiger charge is 2.17. The average Bonchev–Trinajstić information content (AvgIpc) is 3.50. The summed E-state index contributed by atoms with van der Waals surface area (Å²) in [5, 5.41) is 1.26. The number of unbranched alkanes of at least 4 members (excludes halogenated alkanes) is 1. The van der Waals surface area contributed by atoms with E-state index < -0.39 is 0 Å². The fourth-order valence-corrected chi connectivity index (χ4v) is 7.33. The first-order valence-electron chi connectivity index (χ1n) is 21.3. The van der Waals surface area contributed by atoms with Crippen molar-refractivity contribution in [3.8, 4) is 5.75 Å². The number of rotatable bonds is 24. The Labute approximate surface area is 345 Å². The molecule has 0 aliphatic heterocycles. The van der Waals surface area contributed by atoms with E-state index in [1.807, 2.05) is 25.1 Å². The average molecular weight is 768 g/mol. The lowest BCUT2D eigenvalue weighted by atomic mass is 10.0. The zero-order valence-electron chi connectivity index (χ0n) is 36.3. The van der Waals surface area contributed by atoms with E-state index in [1.54, 1.807) is 0 Å². The Balaban J connectivity index is 1.64. The van der Waals surface area contributed by atoms with Gasteiger partial charge < -0.3 is 23.8 Å². The van der Waals surface area contributed by atoms with Gasteiger partial charge in [0.25, 0.3) is 0 Å². The number of allylic oxidation sites excluding steroid dienone is 6. The minimum Gasteiger partial charge on any atom is -0.498 e. The molecule has 1 aromatic heterocycles. The van der Waals surface area contributed by atoms with Crippen LogP contribution < -0.4 is 14.5 Å². The quantitative estimate of drug-likeness (QED) is 0.0403. The maximum atomic E-state index is 6.26. The lowest BCUT2D eigenvalue weighted by Crippen LogP contribution is -2.19. The van der Waals surface area contributed by atoms with E-state index in [-0.39, 0.29) is 0 Å². The molecule has 1 heterocycles. The first-order valence-corrected chi connectivity index (χ1v) is 21.3. The van der Waals surface area contributed by atoms with Gasteiger partial charge in [0, 0.05) is 58.6 Å². The van der Waals surface area contributed by atoms with E-state index in [0.717, 1.165) is 78.8 Å². The molecule has 0 aliphatic rings. The number of aromatic nitrogens is 1. The molecule has 304 valence electrons. The Morgan fingerprint density at radius 2 is 1.61 bits per heavy atom. The van der Waals surface area contributed by atoms with Gasteiger partial charge in [-0.3, -0.25) is 0 Å². The number of fused-ring (bicyclic) bond motifs is 1. The predicted molar refractivity (Wildman–Crippen MR) is 249 cm³/mol. The molecule has 0 amide bonds. The SMILES string of the molecule is C=C/C(=C\C=C(/C)OCC(C)CCC)N(C(=C)/C=C\c1c(CC)c2cc(N(C/C=C\C)c3ccc(OCC(CC)CCCC)cc3)ccc2n1C)c1ccccc1. The summed E-state index contributed by atoms with van der Waals surface area (Å²) in [4.78, 5) is 4.51. The molecule has 0 radical (unpaired) electrons. The molecule has 0 bridgehead atoms. The van der Waals surface area contributed by atoms with Gasteiger partial charge >= 0.3 is 0 Å². The standard InChI is InChI=1S/C52H69N3O2/c1-11-17-23-43(14-4)39-57-48-32-29-45(30-33-48)54(36-18-12-2)47-31-35-52-50(37-47)49(16-6)51(53(52)10)34-26-41(8)55(46-24-20-19-21-25-46)44(15-5)28-27-42(9)56-38-40(7)22-13-3/h12,15,18-21,24-35,37,40,43H,5,8,11,13-14,16-17,22-23,36,38-39H2,1-4,6-7,9-10H3/b18-12-,34-26-,42-27+,44-28+. The highest BCUT2D eigenvalue weighted by molar-refractivity contribution is 5.92. The summed E-state index contributed by atoms with van der Waals surface area (Å²) < 4.78 is 14.6. The van der Waals surface area contributed by atoms with Gasteiger partial charge in [-0.1, -0.05) is 104 Å². The minimum atomic E-state index is 0.522. The monoisotopic (exact) mass is 768 g/mol. The van der Waals surface area contributed by atoms with Crippen LogP contribution in [0.15, 0.2) is 140 Å². The summed E-state index contributed by atoms with van der Waals surface area (Å²) in [6.07, 6.45) is 22.7. The number of hydrogen-bond donors (Lipinski definition) is 0. The Kier molecular flexibility index (Phi) is 18.1. The summed E-state index contributed by atoms with van der Waals surface area (Å²) >= 11 is 0. The molecule has 0 saturated heterocycles. The molecule has 0 aliphatic carbocycles. The molecule has 4 aromatic rings. The summed E-state index contributed by atoms with van der Waals surface area (Å²) in [6, 6.07) is 25.8. The molecule has 2 unspecified atom stereocenters. The fraction of sp³-hybridized carbons (Fsp3) is 0.385. The molecule has 57 heavy (non-hydrogen) atoms. The number of nitrogens with zero attached hydrogens (tertiary/aromatic N) is 3. The molecule has 0 N–H and O–H groups in total. The van der Waals surface area contributed by atoms with Crippen LogP contribution in [0.25, 0.3) is 17.0 Å². The van der Waals surface area contributed by atoms with Crippen molar-refractivity contribution in [3.63, 3.8) is 0 Å². The lowest BCUT2D eigenvalue weighted by molar-refractivity contribution is 0.169. The first kappa shape index (κ1) is 44.6. The number of aryl methyl sites for hydroxylation is 2. The Bertz CT molecular complexity index is 1980. The van der Waals surface area contributed by atoms with Crippen LogP contribution in [0.5, 0.6) is 5.75 Å². The summed E-state index contributed by atoms with van der Waals surface area (Å²) in [5.74, 6) is 2.93. The zero-order valence-corrected chi connectivity index (χ0v) is 36.3. The molecular weight excluding hydrogens is 699 g/mol. The van der Waals surface area contributed by atoms with Crippen LogP contribution in [0.3, 0.4) is 0 Å². The second-order valence-electron chi connectivity index (χ2n) is 15.2. The second-order valence-corrected chi connectivity index (χ2v) is 15.2. The van der Waals surface area contributed by atoms with Crippen molar-refractivity contribution in [1.29, 1.82) is 0 Å². The second kappa shape index (κ2) is 23.2. The molecule has 3 aromatic carbocycles. The minimum absolute atomic E-state index is 0.522. The van der Waals surface area contributed by atoms with Crippen molar-refractivity contribution in [2.24, 2.45) is 18.9 Å². The van der Waals surface area contributed by atoms with Crippen LogP contribution in [-0.2, 0) is 18.2 Å². The largest absolute Gasteiger partial charge is 0.498 e. The van der Waals surface area contributed by atoms with Crippen LogP contribution in [0.4, 0.5) is 17.1 Å². The van der Waals surface area contributed by atoms with Crippen LogP contribution in [0.2, 0.25) is 0 Å². The molecule has 5 nitrogen and oxygen atoms in total. The molecular formula is C52H69N3O2. The third-order valence-corrected chi connectivity index (χ3v) is 10.8. The molecule has 0 spiro atoms. The summed E-state index contributed by atoms with van der Waals surface area (Å²) in [5.41, 5.74) is 8.72. The summed E-state index contributed by atoms with van der Waals surface area (Å²) in [6.45, 7) is 26.3. The van der Waals surface area contributed by atoms with Gasteiger partial charge in [0.05, 0.1) is 19.0 Å². The van der Waals surface area contributed by atoms with Crippen LogP contribution in [0.1, 0.15) is 98.2 Å². The van der Waals surface area contributed by atoms with Gasteiger partial charge in [0.1, 0.15) is 5.75 Å². The van der Waals surface area contributed by atoms with Crippen molar-refractivity contribution in [1.82, 2.24) is 4.57 Å². The van der Waals surface area contributed by atoms with Gasteiger partial charge in [-0.25, -0.2) is 0 Å². The van der Waals surface area contributed by atoms with E-state index in [2.05, 4.69) is 173 Å². The third-order valence-electron chi connectivity index (χ3n) is 10.8. The summed E-state index contributed by atoms with van der Waals surface area (Å²) in [7, 11) is 2.16. The molecule has 0 fully saturated rings. The predicted octanol–water partition coefficient (Wildman–Crippen LogP) is 14.5. The number of anilines is 3. The van der Waals surface area contributed by atoms with Gasteiger partial charge in [-0.05, 0) is 135 Å². The van der Waals surface area contributed by atoms with Crippen molar-refractivity contribution in [2.45, 2.75) is 93.4 Å².